The average Bonchev–Trinajstić information content (AvgIpc) is 2.74. The van der Waals surface area contributed by atoms with E-state index in [0.717, 1.165) is 25.1 Å². The first-order chi connectivity index (χ1) is 8.02. The highest BCUT2D eigenvalue weighted by molar-refractivity contribution is 5.90. The van der Waals surface area contributed by atoms with Gasteiger partial charge in [0.1, 0.15) is 5.82 Å². The lowest BCUT2D eigenvalue weighted by molar-refractivity contribution is 0.0927. The molecular weight excluding hydrogens is 216 g/mol. The first-order valence-electron chi connectivity index (χ1n) is 6.25. The van der Waals surface area contributed by atoms with Crippen LogP contribution in [0.15, 0.2) is 0 Å². The van der Waals surface area contributed by atoms with Crippen LogP contribution in [0, 0.1) is 5.92 Å². The number of H-pyrrole nitrogens is 1. The Kier molecular flexibility index (Phi) is 5.12. The second kappa shape index (κ2) is 6.37. The standard InChI is InChI=1S/C12H22N4O/c1-5-10-14-11(16-15-10)12(17)13-9(4)7-6-8(2)3/h8-9H,5-7H2,1-4H3,(H,13,17)(H,14,15,16). The predicted molar refractivity (Wildman–Crippen MR) is 66.8 cm³/mol. The molecule has 2 N–H and O–H groups in total. The fourth-order valence-corrected chi connectivity index (χ4v) is 1.50. The van der Waals surface area contributed by atoms with Gasteiger partial charge in [0.25, 0.3) is 5.91 Å². The summed E-state index contributed by atoms with van der Waals surface area (Å²) in [6, 6.07) is 0.161. The van der Waals surface area contributed by atoms with Crippen molar-refractivity contribution in [3.63, 3.8) is 0 Å². The lowest BCUT2D eigenvalue weighted by Crippen LogP contribution is -2.33. The van der Waals surface area contributed by atoms with Gasteiger partial charge in [-0.15, -0.1) is 5.10 Å². The molecule has 1 atom stereocenters. The van der Waals surface area contributed by atoms with Crippen LogP contribution in [0.25, 0.3) is 0 Å². The minimum atomic E-state index is -0.197. The number of amides is 1. The molecule has 0 aliphatic carbocycles. The van der Waals surface area contributed by atoms with Gasteiger partial charge in [0, 0.05) is 12.5 Å². The van der Waals surface area contributed by atoms with Gasteiger partial charge < -0.3 is 5.32 Å². The Morgan fingerprint density at radius 3 is 2.59 bits per heavy atom. The first kappa shape index (κ1) is 13.7. The summed E-state index contributed by atoms with van der Waals surface area (Å²) in [5.74, 6) is 1.44. The van der Waals surface area contributed by atoms with Crippen LogP contribution in [0.1, 0.15) is 57.0 Å². The molecule has 0 saturated carbocycles. The summed E-state index contributed by atoms with van der Waals surface area (Å²) >= 11 is 0. The number of nitrogens with zero attached hydrogens (tertiary/aromatic N) is 2. The molecule has 1 amide bonds. The maximum absolute atomic E-state index is 11.8. The van der Waals surface area contributed by atoms with E-state index in [0.29, 0.717) is 5.92 Å². The van der Waals surface area contributed by atoms with Crippen molar-refractivity contribution >= 4 is 5.91 Å². The van der Waals surface area contributed by atoms with E-state index in [2.05, 4.69) is 34.3 Å². The molecule has 1 rings (SSSR count). The molecule has 1 aromatic rings. The second-order valence-corrected chi connectivity index (χ2v) is 4.80. The van der Waals surface area contributed by atoms with Crippen LogP contribution in [-0.2, 0) is 6.42 Å². The number of nitrogens with one attached hydrogen (secondary N) is 2. The van der Waals surface area contributed by atoms with Gasteiger partial charge in [0.15, 0.2) is 0 Å². The van der Waals surface area contributed by atoms with Crippen molar-refractivity contribution in [3.8, 4) is 0 Å². The fraction of sp³-hybridized carbons (Fsp3) is 0.750. The second-order valence-electron chi connectivity index (χ2n) is 4.80. The molecule has 0 aliphatic rings. The summed E-state index contributed by atoms with van der Waals surface area (Å²) in [4.78, 5) is 15.9. The summed E-state index contributed by atoms with van der Waals surface area (Å²) in [7, 11) is 0. The van der Waals surface area contributed by atoms with E-state index in [1.165, 1.54) is 0 Å². The molecular formula is C12H22N4O. The van der Waals surface area contributed by atoms with Crippen LogP contribution in [0.4, 0.5) is 0 Å². The lowest BCUT2D eigenvalue weighted by atomic mass is 10.0. The Hall–Kier alpha value is -1.39. The normalized spacial score (nSPS) is 12.8. The largest absolute Gasteiger partial charge is 0.347 e. The number of hydrogen-bond acceptors (Lipinski definition) is 3. The van der Waals surface area contributed by atoms with E-state index >= 15 is 0 Å². The molecule has 0 aliphatic heterocycles. The minimum Gasteiger partial charge on any atom is -0.347 e. The van der Waals surface area contributed by atoms with E-state index in [9.17, 15) is 4.79 Å². The fourth-order valence-electron chi connectivity index (χ4n) is 1.50. The highest BCUT2D eigenvalue weighted by atomic mass is 16.2. The third-order valence-corrected chi connectivity index (χ3v) is 2.62. The minimum absolute atomic E-state index is 0.161. The average molecular weight is 238 g/mol. The van der Waals surface area contributed by atoms with Gasteiger partial charge in [-0.05, 0) is 25.7 Å². The Balaban J connectivity index is 2.43. The summed E-state index contributed by atoms with van der Waals surface area (Å²) in [5, 5.41) is 9.53. The summed E-state index contributed by atoms with van der Waals surface area (Å²) in [5.41, 5.74) is 0. The zero-order chi connectivity index (χ0) is 12.8. The van der Waals surface area contributed by atoms with E-state index < -0.39 is 0 Å². The van der Waals surface area contributed by atoms with Gasteiger partial charge in [-0.1, -0.05) is 20.8 Å². The zero-order valence-corrected chi connectivity index (χ0v) is 11.1. The molecule has 0 bridgehead atoms. The molecule has 0 saturated heterocycles. The molecule has 96 valence electrons. The Labute approximate surface area is 102 Å². The summed E-state index contributed by atoms with van der Waals surface area (Å²) in [6.45, 7) is 8.33. The van der Waals surface area contributed by atoms with Crippen LogP contribution >= 0.6 is 0 Å². The van der Waals surface area contributed by atoms with Crippen LogP contribution in [0.3, 0.4) is 0 Å². The molecule has 0 fully saturated rings. The van der Waals surface area contributed by atoms with Gasteiger partial charge in [-0.25, -0.2) is 4.98 Å². The highest BCUT2D eigenvalue weighted by Crippen LogP contribution is 2.06. The molecule has 5 heteroatoms. The number of aromatic nitrogens is 3. The molecule has 0 radical (unpaired) electrons. The SMILES string of the molecule is CCc1nc(C(=O)NC(C)CCC(C)C)n[nH]1. The number of carbonyl (C=O) groups excluding carboxylic acids is 1. The van der Waals surface area contributed by atoms with E-state index in [4.69, 9.17) is 0 Å². The van der Waals surface area contributed by atoms with Crippen LogP contribution in [0.2, 0.25) is 0 Å². The maximum Gasteiger partial charge on any atom is 0.291 e. The van der Waals surface area contributed by atoms with Crippen LogP contribution < -0.4 is 5.32 Å². The van der Waals surface area contributed by atoms with Crippen molar-refractivity contribution in [3.05, 3.63) is 11.6 Å². The van der Waals surface area contributed by atoms with Crippen LogP contribution in [-0.4, -0.2) is 27.1 Å². The summed E-state index contributed by atoms with van der Waals surface area (Å²) in [6.07, 6.45) is 2.84. The Morgan fingerprint density at radius 2 is 2.06 bits per heavy atom. The summed E-state index contributed by atoms with van der Waals surface area (Å²) < 4.78 is 0. The Bertz CT molecular complexity index is 359. The molecule has 1 unspecified atom stereocenters. The van der Waals surface area contributed by atoms with Gasteiger partial charge in [-0.3, -0.25) is 9.89 Å². The zero-order valence-electron chi connectivity index (χ0n) is 11.1. The van der Waals surface area contributed by atoms with E-state index in [1.54, 1.807) is 0 Å². The van der Waals surface area contributed by atoms with E-state index in [1.807, 2.05) is 13.8 Å². The van der Waals surface area contributed by atoms with Crippen molar-refractivity contribution in [2.24, 2.45) is 5.92 Å². The van der Waals surface area contributed by atoms with Crippen molar-refractivity contribution in [1.82, 2.24) is 20.5 Å². The van der Waals surface area contributed by atoms with Gasteiger partial charge in [0.2, 0.25) is 5.82 Å². The van der Waals surface area contributed by atoms with Crippen molar-refractivity contribution in [1.29, 1.82) is 0 Å². The maximum atomic E-state index is 11.8. The van der Waals surface area contributed by atoms with Gasteiger partial charge >= 0.3 is 0 Å². The van der Waals surface area contributed by atoms with Crippen molar-refractivity contribution in [2.75, 3.05) is 0 Å². The molecule has 1 aromatic heterocycles. The number of rotatable bonds is 6. The quantitative estimate of drug-likeness (QED) is 0.795. The number of hydrogen-bond donors (Lipinski definition) is 2. The third kappa shape index (κ3) is 4.54. The molecule has 0 spiro atoms. The monoisotopic (exact) mass is 238 g/mol. The highest BCUT2D eigenvalue weighted by Gasteiger charge is 2.14. The molecule has 1 heterocycles. The van der Waals surface area contributed by atoms with Gasteiger partial charge in [0.05, 0.1) is 0 Å². The first-order valence-corrected chi connectivity index (χ1v) is 6.25. The predicted octanol–water partition coefficient (Wildman–Crippen LogP) is 1.92. The van der Waals surface area contributed by atoms with E-state index in [-0.39, 0.29) is 17.8 Å². The number of carbonyl (C=O) groups is 1. The van der Waals surface area contributed by atoms with Crippen LogP contribution in [0.5, 0.6) is 0 Å². The topological polar surface area (TPSA) is 70.7 Å². The third-order valence-electron chi connectivity index (χ3n) is 2.62. The number of aromatic amines is 1. The van der Waals surface area contributed by atoms with Crippen molar-refractivity contribution < 1.29 is 4.79 Å². The molecule has 5 nitrogen and oxygen atoms in total. The Morgan fingerprint density at radius 1 is 1.35 bits per heavy atom. The van der Waals surface area contributed by atoms with Gasteiger partial charge in [-0.2, -0.15) is 0 Å². The molecule has 0 aromatic carbocycles. The smallest absolute Gasteiger partial charge is 0.291 e. The molecule has 17 heavy (non-hydrogen) atoms. The van der Waals surface area contributed by atoms with Crippen molar-refractivity contribution in [2.45, 2.75) is 53.0 Å². The lowest BCUT2D eigenvalue weighted by Gasteiger charge is -2.13. The number of aryl methyl sites for hydroxylation is 1.